The number of hydrogen-bond acceptors (Lipinski definition) is 4. The van der Waals surface area contributed by atoms with Gasteiger partial charge in [-0.25, -0.2) is 13.1 Å². The average molecular weight is 312 g/mol. The Morgan fingerprint density at radius 1 is 1.15 bits per heavy atom. The van der Waals surface area contributed by atoms with Gasteiger partial charge in [0.05, 0.1) is 17.1 Å². The van der Waals surface area contributed by atoms with E-state index in [-0.39, 0.29) is 11.4 Å². The van der Waals surface area contributed by atoms with Crippen LogP contribution in [0.5, 0.6) is 0 Å². The number of sulfonamides is 1. The van der Waals surface area contributed by atoms with Crippen LogP contribution in [-0.2, 0) is 23.0 Å². The van der Waals surface area contributed by atoms with E-state index in [1.165, 1.54) is 6.20 Å². The fourth-order valence-corrected chi connectivity index (χ4v) is 2.84. The van der Waals surface area contributed by atoms with Gasteiger partial charge in [0.25, 0.3) is 0 Å². The molecule has 20 heavy (non-hydrogen) atoms. The second kappa shape index (κ2) is 6.78. The highest BCUT2D eigenvalue weighted by Gasteiger charge is 2.13. The van der Waals surface area contributed by atoms with Gasteiger partial charge in [-0.05, 0) is 36.2 Å². The number of halogens is 1. The second-order valence-electron chi connectivity index (χ2n) is 4.12. The highest BCUT2D eigenvalue weighted by atomic mass is 35.5. The Morgan fingerprint density at radius 3 is 2.50 bits per heavy atom. The number of nitrogens with one attached hydrogen (secondary N) is 1. The first-order chi connectivity index (χ1) is 9.62. The minimum absolute atomic E-state index is 0.111. The zero-order valence-electron chi connectivity index (χ0n) is 10.7. The third-order valence-electron chi connectivity index (χ3n) is 2.69. The molecule has 0 spiro atoms. The van der Waals surface area contributed by atoms with Gasteiger partial charge < -0.3 is 0 Å². The molecular weight excluding hydrogens is 298 g/mol. The molecule has 0 bridgehead atoms. The van der Waals surface area contributed by atoms with Gasteiger partial charge in [-0.2, -0.15) is 10.2 Å². The Hall–Kier alpha value is -1.50. The number of rotatable bonds is 6. The van der Waals surface area contributed by atoms with Crippen molar-refractivity contribution < 1.29 is 8.42 Å². The maximum Gasteiger partial charge on any atom is 0.240 e. The fourth-order valence-electron chi connectivity index (χ4n) is 1.62. The standard InChI is InChI=1S/C13H14ClN3O2S/c14-8-7-11-3-5-13(6-4-11)20(18,19)16-10-12-2-1-9-15-17-12/h1-6,9,16H,7-8,10H2. The largest absolute Gasteiger partial charge is 0.240 e. The summed E-state index contributed by atoms with van der Waals surface area (Å²) in [6.07, 6.45) is 2.25. The predicted molar refractivity (Wildman–Crippen MR) is 76.9 cm³/mol. The van der Waals surface area contributed by atoms with E-state index >= 15 is 0 Å². The van der Waals surface area contributed by atoms with E-state index in [0.29, 0.717) is 11.6 Å². The molecule has 0 radical (unpaired) electrons. The van der Waals surface area contributed by atoms with Crippen molar-refractivity contribution in [3.8, 4) is 0 Å². The first kappa shape index (κ1) is 14.9. The molecule has 7 heteroatoms. The van der Waals surface area contributed by atoms with Gasteiger partial charge in [0, 0.05) is 12.1 Å². The first-order valence-corrected chi connectivity index (χ1v) is 8.05. The van der Waals surface area contributed by atoms with E-state index in [4.69, 9.17) is 11.6 Å². The number of nitrogens with zero attached hydrogens (tertiary/aromatic N) is 2. The summed E-state index contributed by atoms with van der Waals surface area (Å²) in [6, 6.07) is 10.1. The molecule has 0 saturated heterocycles. The van der Waals surface area contributed by atoms with Crippen molar-refractivity contribution in [1.29, 1.82) is 0 Å². The van der Waals surface area contributed by atoms with Crippen molar-refractivity contribution in [3.63, 3.8) is 0 Å². The normalized spacial score (nSPS) is 11.4. The molecule has 1 aromatic carbocycles. The highest BCUT2D eigenvalue weighted by Crippen LogP contribution is 2.11. The molecule has 2 aromatic rings. The zero-order chi connectivity index (χ0) is 14.4. The molecule has 0 fully saturated rings. The van der Waals surface area contributed by atoms with Gasteiger partial charge >= 0.3 is 0 Å². The fraction of sp³-hybridized carbons (Fsp3) is 0.231. The van der Waals surface area contributed by atoms with E-state index in [9.17, 15) is 8.42 Å². The van der Waals surface area contributed by atoms with Crippen molar-refractivity contribution in [1.82, 2.24) is 14.9 Å². The molecule has 2 rings (SSSR count). The summed E-state index contributed by atoms with van der Waals surface area (Å²) in [4.78, 5) is 0.222. The van der Waals surface area contributed by atoms with E-state index in [1.807, 2.05) is 0 Å². The lowest BCUT2D eigenvalue weighted by Gasteiger charge is -2.06. The lowest BCUT2D eigenvalue weighted by Crippen LogP contribution is -2.23. The SMILES string of the molecule is O=S(=O)(NCc1cccnn1)c1ccc(CCCl)cc1. The molecule has 5 nitrogen and oxygen atoms in total. The summed E-state index contributed by atoms with van der Waals surface area (Å²) in [5.41, 5.74) is 1.57. The molecule has 0 atom stereocenters. The van der Waals surface area contributed by atoms with Crippen LogP contribution in [0.15, 0.2) is 47.5 Å². The number of benzene rings is 1. The molecule has 0 amide bonds. The smallest absolute Gasteiger partial charge is 0.207 e. The van der Waals surface area contributed by atoms with Crippen LogP contribution in [0.2, 0.25) is 0 Å². The Bertz CT molecular complexity index is 645. The van der Waals surface area contributed by atoms with Gasteiger partial charge in [-0.15, -0.1) is 11.6 Å². The van der Waals surface area contributed by atoms with Gasteiger partial charge in [-0.1, -0.05) is 12.1 Å². The van der Waals surface area contributed by atoms with Crippen LogP contribution in [0.25, 0.3) is 0 Å². The first-order valence-electron chi connectivity index (χ1n) is 6.03. The molecule has 1 N–H and O–H groups in total. The Balaban J connectivity index is 2.06. The third kappa shape index (κ3) is 4.00. The topological polar surface area (TPSA) is 72.0 Å². The highest BCUT2D eigenvalue weighted by molar-refractivity contribution is 7.89. The number of aromatic nitrogens is 2. The molecule has 106 valence electrons. The van der Waals surface area contributed by atoms with Crippen LogP contribution in [0.1, 0.15) is 11.3 Å². The van der Waals surface area contributed by atoms with Crippen molar-refractivity contribution in [2.24, 2.45) is 0 Å². The van der Waals surface area contributed by atoms with Crippen molar-refractivity contribution in [2.75, 3.05) is 5.88 Å². The van der Waals surface area contributed by atoms with Gasteiger partial charge in [0.2, 0.25) is 10.0 Å². The van der Waals surface area contributed by atoms with E-state index in [0.717, 1.165) is 12.0 Å². The summed E-state index contributed by atoms with van der Waals surface area (Å²) in [5.74, 6) is 0.511. The zero-order valence-corrected chi connectivity index (χ0v) is 12.2. The van der Waals surface area contributed by atoms with Gasteiger partial charge in [-0.3, -0.25) is 0 Å². The summed E-state index contributed by atoms with van der Waals surface area (Å²) in [6.45, 7) is 0.111. The maximum atomic E-state index is 12.1. The van der Waals surface area contributed by atoms with Crippen LogP contribution in [0, 0.1) is 0 Å². The van der Waals surface area contributed by atoms with Crippen LogP contribution in [0.4, 0.5) is 0 Å². The molecule has 1 heterocycles. The molecule has 0 saturated carbocycles. The van der Waals surface area contributed by atoms with Crippen molar-refractivity contribution in [2.45, 2.75) is 17.9 Å². The van der Waals surface area contributed by atoms with Gasteiger partial charge in [0.15, 0.2) is 0 Å². The van der Waals surface area contributed by atoms with Crippen LogP contribution in [-0.4, -0.2) is 24.5 Å². The summed E-state index contributed by atoms with van der Waals surface area (Å²) in [5, 5.41) is 7.52. The second-order valence-corrected chi connectivity index (χ2v) is 6.27. The minimum atomic E-state index is -3.54. The summed E-state index contributed by atoms with van der Waals surface area (Å²) in [7, 11) is -3.54. The third-order valence-corrected chi connectivity index (χ3v) is 4.29. The monoisotopic (exact) mass is 311 g/mol. The maximum absolute atomic E-state index is 12.1. The van der Waals surface area contributed by atoms with Gasteiger partial charge in [0.1, 0.15) is 0 Å². The molecule has 0 unspecified atom stereocenters. The quantitative estimate of drug-likeness (QED) is 0.825. The lowest BCUT2D eigenvalue weighted by molar-refractivity contribution is 0.580. The van der Waals surface area contributed by atoms with Crippen LogP contribution < -0.4 is 4.72 Å². The Morgan fingerprint density at radius 2 is 1.90 bits per heavy atom. The van der Waals surface area contributed by atoms with Crippen LogP contribution >= 0.6 is 11.6 Å². The van der Waals surface area contributed by atoms with E-state index in [2.05, 4.69) is 14.9 Å². The predicted octanol–water partition coefficient (Wildman–Crippen LogP) is 1.74. The summed E-state index contributed by atoms with van der Waals surface area (Å²) >= 11 is 5.64. The average Bonchev–Trinajstić information content (AvgIpc) is 2.47. The van der Waals surface area contributed by atoms with Crippen LogP contribution in [0.3, 0.4) is 0 Å². The van der Waals surface area contributed by atoms with E-state index in [1.54, 1.807) is 36.4 Å². The van der Waals surface area contributed by atoms with E-state index < -0.39 is 10.0 Å². The minimum Gasteiger partial charge on any atom is -0.207 e. The lowest BCUT2D eigenvalue weighted by atomic mass is 10.2. The van der Waals surface area contributed by atoms with Crippen molar-refractivity contribution >= 4 is 21.6 Å². The van der Waals surface area contributed by atoms with Crippen molar-refractivity contribution in [3.05, 3.63) is 53.9 Å². The number of alkyl halides is 1. The molecule has 0 aliphatic heterocycles. The molecular formula is C13H14ClN3O2S. The molecule has 0 aliphatic rings. The number of hydrogen-bond donors (Lipinski definition) is 1. The molecule has 1 aromatic heterocycles. The number of aryl methyl sites for hydroxylation is 1. The summed E-state index contributed by atoms with van der Waals surface area (Å²) < 4.78 is 26.7. The molecule has 0 aliphatic carbocycles. The Labute approximate surface area is 123 Å². The Kier molecular flexibility index (Phi) is 5.05.